The van der Waals surface area contributed by atoms with Crippen molar-refractivity contribution in [1.82, 2.24) is 9.88 Å². The number of pyridine rings is 1. The number of amides is 1. The van der Waals surface area contributed by atoms with Crippen LogP contribution in [-0.2, 0) is 9.47 Å². The van der Waals surface area contributed by atoms with E-state index in [1.165, 1.54) is 6.07 Å². The van der Waals surface area contributed by atoms with Gasteiger partial charge in [-0.1, -0.05) is 0 Å². The number of rotatable bonds is 1. The molecule has 1 aromatic rings. The number of anilines is 1. The molecule has 0 spiro atoms. The summed E-state index contributed by atoms with van der Waals surface area (Å²) in [5.41, 5.74) is 5.49. The lowest BCUT2D eigenvalue weighted by atomic mass is 10.1. The van der Waals surface area contributed by atoms with Gasteiger partial charge in [-0.15, -0.1) is 0 Å². The molecule has 1 aliphatic rings. The van der Waals surface area contributed by atoms with Crippen LogP contribution in [0.1, 0.15) is 32.6 Å². The molecule has 116 valence electrons. The zero-order chi connectivity index (χ0) is 15.6. The summed E-state index contributed by atoms with van der Waals surface area (Å²) in [5.74, 6) is -0.571. The zero-order valence-electron chi connectivity index (χ0n) is 12.4. The number of hydrogen-bond donors (Lipinski definition) is 1. The highest BCUT2D eigenvalue weighted by atomic mass is 19.1. The van der Waals surface area contributed by atoms with E-state index < -0.39 is 23.6 Å². The maximum atomic E-state index is 13.1. The predicted molar refractivity (Wildman–Crippen MR) is 75.1 cm³/mol. The number of nitrogens with two attached hydrogens (primary N) is 1. The number of nitrogens with zero attached hydrogens (tertiary/aromatic N) is 2. The second-order valence-corrected chi connectivity index (χ2v) is 5.92. The quantitative estimate of drug-likeness (QED) is 0.859. The highest BCUT2D eigenvalue weighted by molar-refractivity contribution is 5.68. The molecular weight excluding hydrogens is 277 g/mol. The van der Waals surface area contributed by atoms with Crippen LogP contribution < -0.4 is 5.73 Å². The Morgan fingerprint density at radius 3 is 2.90 bits per heavy atom. The Morgan fingerprint density at radius 2 is 2.29 bits per heavy atom. The van der Waals surface area contributed by atoms with Crippen LogP contribution in [0, 0.1) is 5.82 Å². The molecule has 0 saturated carbocycles. The van der Waals surface area contributed by atoms with E-state index in [1.807, 2.05) is 20.8 Å². The largest absolute Gasteiger partial charge is 0.444 e. The third-order valence-electron chi connectivity index (χ3n) is 2.95. The van der Waals surface area contributed by atoms with E-state index in [0.29, 0.717) is 25.4 Å². The van der Waals surface area contributed by atoms with Gasteiger partial charge in [-0.25, -0.2) is 9.18 Å². The summed E-state index contributed by atoms with van der Waals surface area (Å²) >= 11 is 0. The van der Waals surface area contributed by atoms with E-state index in [-0.39, 0.29) is 5.69 Å². The molecule has 2 heterocycles. The van der Waals surface area contributed by atoms with Gasteiger partial charge in [-0.05, 0) is 26.8 Å². The van der Waals surface area contributed by atoms with Crippen LogP contribution in [-0.4, -0.2) is 41.3 Å². The van der Waals surface area contributed by atoms with Crippen molar-refractivity contribution in [2.45, 2.75) is 32.5 Å². The first-order valence-electron chi connectivity index (χ1n) is 6.77. The third-order valence-corrected chi connectivity index (χ3v) is 2.95. The number of halogens is 1. The van der Waals surface area contributed by atoms with Gasteiger partial charge in [-0.3, -0.25) is 4.98 Å². The van der Waals surface area contributed by atoms with Crippen LogP contribution in [0.3, 0.4) is 0 Å². The SMILES string of the molecule is CC(C)(C)OC(=O)N1CCOC(c2cc(N)c(F)cn2)C1. The standard InChI is InChI=1S/C14H20FN3O3/c1-14(2,3)21-13(19)18-4-5-20-12(8-18)11-6-10(16)9(15)7-17-11/h6-7,12H,4-5,8H2,1-3H3,(H2,16,17). The molecule has 2 rings (SSSR count). The first-order chi connectivity index (χ1) is 9.76. The molecule has 6 nitrogen and oxygen atoms in total. The fourth-order valence-corrected chi connectivity index (χ4v) is 1.97. The van der Waals surface area contributed by atoms with Gasteiger partial charge in [0.1, 0.15) is 11.7 Å². The lowest BCUT2D eigenvalue weighted by Crippen LogP contribution is -2.44. The summed E-state index contributed by atoms with van der Waals surface area (Å²) < 4.78 is 24.1. The van der Waals surface area contributed by atoms with Crippen LogP contribution in [0.25, 0.3) is 0 Å². The highest BCUT2D eigenvalue weighted by Crippen LogP contribution is 2.24. The third kappa shape index (κ3) is 4.04. The topological polar surface area (TPSA) is 77.7 Å². The molecule has 0 aromatic carbocycles. The minimum atomic E-state index is -0.571. The van der Waals surface area contributed by atoms with E-state index in [9.17, 15) is 9.18 Å². The van der Waals surface area contributed by atoms with Crippen molar-refractivity contribution in [3.05, 3.63) is 23.8 Å². The minimum Gasteiger partial charge on any atom is -0.444 e. The molecule has 1 amide bonds. The molecule has 0 bridgehead atoms. The van der Waals surface area contributed by atoms with E-state index >= 15 is 0 Å². The molecule has 1 fully saturated rings. The van der Waals surface area contributed by atoms with Gasteiger partial charge in [0.2, 0.25) is 0 Å². The lowest BCUT2D eigenvalue weighted by Gasteiger charge is -2.34. The van der Waals surface area contributed by atoms with Gasteiger partial charge < -0.3 is 20.1 Å². The van der Waals surface area contributed by atoms with E-state index in [0.717, 1.165) is 6.20 Å². The average Bonchev–Trinajstić information content (AvgIpc) is 2.40. The first-order valence-corrected chi connectivity index (χ1v) is 6.77. The predicted octanol–water partition coefficient (Wildman–Crippen LogP) is 2.11. The Hall–Kier alpha value is -1.89. The molecule has 1 atom stereocenters. The number of hydrogen-bond acceptors (Lipinski definition) is 5. The molecule has 2 N–H and O–H groups in total. The van der Waals surface area contributed by atoms with Crippen LogP contribution in [0.15, 0.2) is 12.3 Å². The van der Waals surface area contributed by atoms with E-state index in [1.54, 1.807) is 4.90 Å². The van der Waals surface area contributed by atoms with E-state index in [4.69, 9.17) is 15.2 Å². The summed E-state index contributed by atoms with van der Waals surface area (Å²) in [4.78, 5) is 17.6. The number of morpholine rings is 1. The molecular formula is C14H20FN3O3. The lowest BCUT2D eigenvalue weighted by molar-refractivity contribution is -0.0447. The maximum Gasteiger partial charge on any atom is 0.410 e. The summed E-state index contributed by atoms with van der Waals surface area (Å²) in [5, 5.41) is 0. The molecule has 1 aliphatic heterocycles. The van der Waals surface area contributed by atoms with Crippen LogP contribution >= 0.6 is 0 Å². The Morgan fingerprint density at radius 1 is 1.57 bits per heavy atom. The van der Waals surface area contributed by atoms with Gasteiger partial charge in [0.15, 0.2) is 5.82 Å². The number of nitrogen functional groups attached to an aromatic ring is 1. The summed E-state index contributed by atoms with van der Waals surface area (Å²) in [6.07, 6.45) is 0.223. The Labute approximate surface area is 123 Å². The fourth-order valence-electron chi connectivity index (χ4n) is 1.97. The maximum absolute atomic E-state index is 13.1. The Bertz CT molecular complexity index is 531. The molecule has 1 unspecified atom stereocenters. The first kappa shape index (κ1) is 15.5. The molecule has 0 radical (unpaired) electrons. The second-order valence-electron chi connectivity index (χ2n) is 5.92. The van der Waals surface area contributed by atoms with Crippen LogP contribution in [0.5, 0.6) is 0 Å². The van der Waals surface area contributed by atoms with Gasteiger partial charge in [0.05, 0.1) is 30.7 Å². The molecule has 1 saturated heterocycles. The average molecular weight is 297 g/mol. The number of carbonyl (C=O) groups excluding carboxylic acids is 1. The van der Waals surface area contributed by atoms with Crippen molar-refractivity contribution in [3.8, 4) is 0 Å². The number of carbonyl (C=O) groups is 1. The fraction of sp³-hybridized carbons (Fsp3) is 0.571. The van der Waals surface area contributed by atoms with Crippen LogP contribution in [0.4, 0.5) is 14.9 Å². The van der Waals surface area contributed by atoms with Crippen molar-refractivity contribution in [1.29, 1.82) is 0 Å². The molecule has 7 heteroatoms. The summed E-state index contributed by atoms with van der Waals surface area (Å²) in [7, 11) is 0. The van der Waals surface area contributed by atoms with Crippen molar-refractivity contribution >= 4 is 11.8 Å². The number of aromatic nitrogens is 1. The van der Waals surface area contributed by atoms with Crippen molar-refractivity contribution in [3.63, 3.8) is 0 Å². The number of ether oxygens (including phenoxy) is 2. The molecule has 21 heavy (non-hydrogen) atoms. The van der Waals surface area contributed by atoms with Crippen molar-refractivity contribution < 1.29 is 18.7 Å². The second kappa shape index (κ2) is 5.85. The summed E-state index contributed by atoms with van der Waals surface area (Å²) in [6.45, 7) is 6.54. The summed E-state index contributed by atoms with van der Waals surface area (Å²) in [6, 6.07) is 1.43. The smallest absolute Gasteiger partial charge is 0.410 e. The zero-order valence-corrected chi connectivity index (χ0v) is 12.4. The monoisotopic (exact) mass is 297 g/mol. The van der Waals surface area contributed by atoms with E-state index in [2.05, 4.69) is 4.98 Å². The van der Waals surface area contributed by atoms with Gasteiger partial charge in [0.25, 0.3) is 0 Å². The molecule has 1 aromatic heterocycles. The van der Waals surface area contributed by atoms with Gasteiger partial charge >= 0.3 is 6.09 Å². The van der Waals surface area contributed by atoms with Crippen molar-refractivity contribution in [2.75, 3.05) is 25.4 Å². The normalized spacial score (nSPS) is 19.4. The highest BCUT2D eigenvalue weighted by Gasteiger charge is 2.29. The van der Waals surface area contributed by atoms with Crippen LogP contribution in [0.2, 0.25) is 0 Å². The van der Waals surface area contributed by atoms with Gasteiger partial charge in [-0.2, -0.15) is 0 Å². The van der Waals surface area contributed by atoms with Gasteiger partial charge in [0, 0.05) is 6.54 Å². The Balaban J connectivity index is 2.06. The Kier molecular flexibility index (Phi) is 4.32. The molecule has 0 aliphatic carbocycles. The van der Waals surface area contributed by atoms with Crippen molar-refractivity contribution in [2.24, 2.45) is 0 Å². The minimum absolute atomic E-state index is 0.0120.